The number of carbonyl (C=O) groups is 2. The number of alkyl carbamates (subject to hydrolysis) is 1. The van der Waals surface area contributed by atoms with Gasteiger partial charge in [0, 0.05) is 6.42 Å². The van der Waals surface area contributed by atoms with Crippen molar-refractivity contribution < 1.29 is 19.1 Å². The van der Waals surface area contributed by atoms with Crippen molar-refractivity contribution in [2.24, 2.45) is 0 Å². The van der Waals surface area contributed by atoms with E-state index in [1.165, 1.54) is 0 Å². The van der Waals surface area contributed by atoms with E-state index in [2.05, 4.69) is 5.32 Å². The normalized spacial score (nSPS) is 12.4. The smallest absolute Gasteiger partial charge is 0.408 e. The average molecular weight is 314 g/mol. The van der Waals surface area contributed by atoms with E-state index in [1.807, 2.05) is 30.3 Å². The maximum absolute atomic E-state index is 11.9. The van der Waals surface area contributed by atoms with Crippen LogP contribution in [0.25, 0.3) is 0 Å². The van der Waals surface area contributed by atoms with E-state index in [0.717, 1.165) is 5.56 Å². The number of rotatable bonds is 5. The van der Waals surface area contributed by atoms with E-state index >= 15 is 0 Å². The summed E-state index contributed by atoms with van der Waals surface area (Å²) in [6, 6.07) is 8.19. The van der Waals surface area contributed by atoms with Gasteiger partial charge in [0.15, 0.2) is 6.07 Å². The number of alkyl halides is 1. The lowest BCUT2D eigenvalue weighted by atomic mass is 10.1. The molecule has 1 rings (SSSR count). The summed E-state index contributed by atoms with van der Waals surface area (Å²) >= 11 is 5.40. The maximum atomic E-state index is 11.9. The van der Waals surface area contributed by atoms with Gasteiger partial charge in [0.05, 0.1) is 0 Å². The lowest BCUT2D eigenvalue weighted by Crippen LogP contribution is -2.45. The van der Waals surface area contributed by atoms with Crippen molar-refractivity contribution >= 4 is 23.7 Å². The molecule has 0 radical (unpaired) electrons. The van der Waals surface area contributed by atoms with E-state index in [-0.39, 0.29) is 6.07 Å². The predicted molar refractivity (Wildman–Crippen MR) is 80.1 cm³/mol. The fourth-order valence-corrected chi connectivity index (χ4v) is 1.75. The van der Waals surface area contributed by atoms with Gasteiger partial charge in [-0.1, -0.05) is 41.9 Å². The first kappa shape index (κ1) is 17.3. The number of hydrogen-bond donors (Lipinski definition) is 1. The molecule has 0 saturated carbocycles. The van der Waals surface area contributed by atoms with Crippen molar-refractivity contribution in [3.8, 4) is 0 Å². The molecule has 0 aliphatic rings. The zero-order chi connectivity index (χ0) is 15.9. The zero-order valence-corrected chi connectivity index (χ0v) is 13.1. The number of amides is 1. The number of ether oxygens (including phenoxy) is 2. The van der Waals surface area contributed by atoms with Crippen LogP contribution >= 0.6 is 11.6 Å². The molecule has 0 heterocycles. The van der Waals surface area contributed by atoms with Gasteiger partial charge < -0.3 is 14.8 Å². The van der Waals surface area contributed by atoms with Gasteiger partial charge in [-0.05, 0) is 26.3 Å². The van der Waals surface area contributed by atoms with Crippen molar-refractivity contribution in [3.63, 3.8) is 0 Å². The van der Waals surface area contributed by atoms with Gasteiger partial charge in [-0.25, -0.2) is 9.59 Å². The second-order valence-corrected chi connectivity index (χ2v) is 5.68. The van der Waals surface area contributed by atoms with Crippen LogP contribution in [0.5, 0.6) is 0 Å². The van der Waals surface area contributed by atoms with Gasteiger partial charge in [-0.15, -0.1) is 0 Å². The number of carbonyl (C=O) groups excluding carboxylic acids is 2. The minimum Gasteiger partial charge on any atom is -0.448 e. The molecule has 0 aliphatic heterocycles. The highest BCUT2D eigenvalue weighted by Crippen LogP contribution is 2.09. The zero-order valence-electron chi connectivity index (χ0n) is 12.4. The van der Waals surface area contributed by atoms with Gasteiger partial charge >= 0.3 is 12.1 Å². The Morgan fingerprint density at radius 2 is 1.86 bits per heavy atom. The molecule has 0 unspecified atom stereocenters. The Balaban J connectivity index is 2.73. The summed E-state index contributed by atoms with van der Waals surface area (Å²) in [5, 5.41) is 2.51. The highest BCUT2D eigenvalue weighted by atomic mass is 35.5. The molecule has 116 valence electrons. The lowest BCUT2D eigenvalue weighted by Gasteiger charge is -2.22. The van der Waals surface area contributed by atoms with Crippen LogP contribution in [0.3, 0.4) is 0 Å². The monoisotopic (exact) mass is 313 g/mol. The third-order valence-corrected chi connectivity index (χ3v) is 2.56. The topological polar surface area (TPSA) is 64.6 Å². The van der Waals surface area contributed by atoms with Crippen LogP contribution in [0.15, 0.2) is 30.3 Å². The fraction of sp³-hybridized carbons (Fsp3) is 0.467. The van der Waals surface area contributed by atoms with Crippen LogP contribution in [0.2, 0.25) is 0 Å². The van der Waals surface area contributed by atoms with Crippen molar-refractivity contribution in [3.05, 3.63) is 35.9 Å². The van der Waals surface area contributed by atoms with Gasteiger partial charge in [0.1, 0.15) is 11.6 Å². The molecular formula is C15H20ClNO4. The van der Waals surface area contributed by atoms with Crippen LogP contribution < -0.4 is 5.32 Å². The Labute approximate surface area is 129 Å². The number of nitrogens with one attached hydrogen (secondary N) is 1. The van der Waals surface area contributed by atoms with E-state index in [0.29, 0.717) is 6.42 Å². The summed E-state index contributed by atoms with van der Waals surface area (Å²) in [6.07, 6.45) is -0.370. The first-order chi connectivity index (χ1) is 9.81. The molecule has 1 amide bonds. The Morgan fingerprint density at radius 1 is 1.24 bits per heavy atom. The Hall–Kier alpha value is -1.75. The predicted octanol–water partition coefficient (Wildman–Crippen LogP) is 2.86. The van der Waals surface area contributed by atoms with E-state index in [1.54, 1.807) is 20.8 Å². The summed E-state index contributed by atoms with van der Waals surface area (Å²) in [4.78, 5) is 23.7. The second kappa shape index (κ2) is 7.88. The summed E-state index contributed by atoms with van der Waals surface area (Å²) in [5.74, 6) is -0.597. The van der Waals surface area contributed by atoms with Gasteiger partial charge in [0.2, 0.25) is 0 Å². The standard InChI is InChI=1S/C15H20ClNO4/c1-15(2,3)21-14(19)17-12(13(18)20-10-16)9-11-7-5-4-6-8-11/h4-8,12H,9-10H2,1-3H3,(H,17,19)/t12-/m1/s1. The van der Waals surface area contributed by atoms with Crippen LogP contribution in [0.4, 0.5) is 4.79 Å². The molecule has 1 aromatic rings. The molecule has 0 saturated heterocycles. The summed E-state index contributed by atoms with van der Waals surface area (Å²) in [5.41, 5.74) is 0.252. The molecule has 0 aliphatic carbocycles. The minimum absolute atomic E-state index is 0.264. The van der Waals surface area contributed by atoms with Crippen LogP contribution in [-0.2, 0) is 20.7 Å². The Kier molecular flexibility index (Phi) is 6.49. The third kappa shape index (κ3) is 6.99. The molecule has 5 nitrogen and oxygen atoms in total. The van der Waals surface area contributed by atoms with E-state index in [4.69, 9.17) is 21.1 Å². The molecule has 0 bridgehead atoms. The fourth-order valence-electron chi connectivity index (χ4n) is 1.65. The van der Waals surface area contributed by atoms with Crippen LogP contribution in [-0.4, -0.2) is 29.8 Å². The molecule has 0 spiro atoms. The summed E-state index contributed by atoms with van der Waals surface area (Å²) in [6.45, 7) is 5.24. The van der Waals surface area contributed by atoms with Crippen molar-refractivity contribution in [2.45, 2.75) is 38.8 Å². The minimum atomic E-state index is -0.846. The number of esters is 1. The molecule has 0 aromatic heterocycles. The molecule has 0 fully saturated rings. The van der Waals surface area contributed by atoms with Crippen LogP contribution in [0.1, 0.15) is 26.3 Å². The lowest BCUT2D eigenvalue weighted by molar-refractivity contribution is -0.144. The first-order valence-electron chi connectivity index (χ1n) is 6.58. The maximum Gasteiger partial charge on any atom is 0.408 e. The van der Waals surface area contributed by atoms with Gasteiger partial charge in [-0.3, -0.25) is 0 Å². The SMILES string of the molecule is CC(C)(C)OC(=O)N[C@H](Cc1ccccc1)C(=O)OCCl. The Morgan fingerprint density at radius 3 is 2.38 bits per heavy atom. The number of hydrogen-bond acceptors (Lipinski definition) is 4. The first-order valence-corrected chi connectivity index (χ1v) is 7.11. The highest BCUT2D eigenvalue weighted by molar-refractivity contribution is 6.17. The highest BCUT2D eigenvalue weighted by Gasteiger charge is 2.25. The molecule has 1 aromatic carbocycles. The van der Waals surface area contributed by atoms with E-state index in [9.17, 15) is 9.59 Å². The number of halogens is 1. The van der Waals surface area contributed by atoms with Crippen molar-refractivity contribution in [2.75, 3.05) is 6.07 Å². The van der Waals surface area contributed by atoms with Gasteiger partial charge in [-0.2, -0.15) is 0 Å². The summed E-state index contributed by atoms with van der Waals surface area (Å²) in [7, 11) is 0. The summed E-state index contributed by atoms with van der Waals surface area (Å²) < 4.78 is 9.91. The molecular weight excluding hydrogens is 294 g/mol. The van der Waals surface area contributed by atoms with Gasteiger partial charge in [0.25, 0.3) is 0 Å². The second-order valence-electron chi connectivity index (χ2n) is 5.46. The number of benzene rings is 1. The molecule has 6 heteroatoms. The molecule has 1 atom stereocenters. The Bertz CT molecular complexity index is 470. The van der Waals surface area contributed by atoms with E-state index < -0.39 is 23.7 Å². The molecule has 21 heavy (non-hydrogen) atoms. The largest absolute Gasteiger partial charge is 0.448 e. The van der Waals surface area contributed by atoms with Crippen LogP contribution in [0, 0.1) is 0 Å². The van der Waals surface area contributed by atoms with Crippen molar-refractivity contribution in [1.82, 2.24) is 5.32 Å². The van der Waals surface area contributed by atoms with Crippen molar-refractivity contribution in [1.29, 1.82) is 0 Å². The quantitative estimate of drug-likeness (QED) is 0.670. The molecule has 1 N–H and O–H groups in total. The third-order valence-electron chi connectivity index (χ3n) is 2.45. The average Bonchev–Trinajstić information content (AvgIpc) is 2.37.